The van der Waals surface area contributed by atoms with Crippen LogP contribution in [0, 0.1) is 0 Å². The Morgan fingerprint density at radius 2 is 2.20 bits per heavy atom. The van der Waals surface area contributed by atoms with Crippen LogP contribution in [0.15, 0.2) is 44.6 Å². The molecule has 0 aliphatic carbocycles. The molecule has 0 saturated carbocycles. The highest BCUT2D eigenvalue weighted by atomic mass is 35.5. The molecule has 1 amide bonds. The van der Waals surface area contributed by atoms with Crippen LogP contribution in [0.2, 0.25) is 5.02 Å². The zero-order valence-electron chi connectivity index (χ0n) is 13.1. The number of hydrogen-bond acceptors (Lipinski definition) is 6. The van der Waals surface area contributed by atoms with Gasteiger partial charge in [-0.25, -0.2) is 4.79 Å². The maximum absolute atomic E-state index is 11.9. The van der Waals surface area contributed by atoms with Gasteiger partial charge >= 0.3 is 5.97 Å². The van der Waals surface area contributed by atoms with Gasteiger partial charge in [-0.3, -0.25) is 4.79 Å². The van der Waals surface area contributed by atoms with Gasteiger partial charge in [-0.05, 0) is 49.0 Å². The van der Waals surface area contributed by atoms with Crippen LogP contribution in [-0.4, -0.2) is 23.7 Å². The number of thioether (sulfide) groups is 1. The summed E-state index contributed by atoms with van der Waals surface area (Å²) in [6.45, 7) is 1.98. The number of furan rings is 1. The van der Waals surface area contributed by atoms with Crippen LogP contribution in [0.3, 0.4) is 0 Å². The molecule has 0 atom stereocenters. The van der Waals surface area contributed by atoms with E-state index in [0.29, 0.717) is 27.0 Å². The van der Waals surface area contributed by atoms with Crippen molar-refractivity contribution >= 4 is 46.5 Å². The van der Waals surface area contributed by atoms with Crippen LogP contribution in [0.5, 0.6) is 0 Å². The fraction of sp³-hybridized carbons (Fsp3) is 0.118. The number of benzene rings is 1. The molecule has 1 aliphatic rings. The first-order chi connectivity index (χ1) is 12.0. The number of ether oxygens (including phenoxy) is 1. The number of carbonyl (C=O) groups is 2. The first-order valence-electron chi connectivity index (χ1n) is 7.33. The smallest absolute Gasteiger partial charge is 0.339 e. The van der Waals surface area contributed by atoms with Gasteiger partial charge in [0.25, 0.3) is 5.91 Å². The van der Waals surface area contributed by atoms with E-state index in [2.05, 4.69) is 4.99 Å². The van der Waals surface area contributed by atoms with Crippen molar-refractivity contribution in [3.8, 4) is 11.3 Å². The molecule has 0 unspecified atom stereocenters. The van der Waals surface area contributed by atoms with Crippen molar-refractivity contribution in [1.82, 2.24) is 0 Å². The van der Waals surface area contributed by atoms with Crippen LogP contribution in [0.4, 0.5) is 0 Å². The molecular weight excluding hydrogens is 364 g/mol. The van der Waals surface area contributed by atoms with Crippen molar-refractivity contribution in [2.75, 3.05) is 6.61 Å². The maximum Gasteiger partial charge on any atom is 0.339 e. The molecule has 0 spiro atoms. The van der Waals surface area contributed by atoms with Gasteiger partial charge in [-0.15, -0.1) is 0 Å². The van der Waals surface area contributed by atoms with Crippen molar-refractivity contribution in [3.05, 3.63) is 51.6 Å². The van der Waals surface area contributed by atoms with Crippen molar-refractivity contribution in [2.45, 2.75) is 6.92 Å². The molecule has 0 bridgehead atoms. The molecule has 2 heterocycles. The minimum absolute atomic E-state index is 0.208. The highest BCUT2D eigenvalue weighted by Gasteiger charge is 2.20. The SMILES string of the molecule is CCOC(=O)c1cc(-c2ccc(/C=C3\SC(N)=NC3=O)o2)ccc1Cl. The first kappa shape index (κ1) is 17.3. The lowest BCUT2D eigenvalue weighted by Gasteiger charge is -2.05. The summed E-state index contributed by atoms with van der Waals surface area (Å²) in [6, 6.07) is 8.39. The number of nitrogens with zero attached hydrogens (tertiary/aromatic N) is 1. The zero-order chi connectivity index (χ0) is 18.0. The zero-order valence-corrected chi connectivity index (χ0v) is 14.7. The van der Waals surface area contributed by atoms with E-state index in [1.807, 2.05) is 0 Å². The summed E-state index contributed by atoms with van der Waals surface area (Å²) in [4.78, 5) is 27.6. The summed E-state index contributed by atoms with van der Waals surface area (Å²) < 4.78 is 10.7. The van der Waals surface area contributed by atoms with Crippen LogP contribution in [0.25, 0.3) is 17.4 Å². The summed E-state index contributed by atoms with van der Waals surface area (Å²) in [5.74, 6) is 0.113. The second kappa shape index (κ2) is 7.16. The Balaban J connectivity index is 1.88. The molecule has 8 heteroatoms. The second-order valence-corrected chi connectivity index (χ2v) is 6.45. The average Bonchev–Trinajstić information content (AvgIpc) is 3.15. The quantitative estimate of drug-likeness (QED) is 0.645. The van der Waals surface area contributed by atoms with E-state index in [-0.39, 0.29) is 17.3 Å². The van der Waals surface area contributed by atoms with Gasteiger partial charge in [0.2, 0.25) is 0 Å². The topological polar surface area (TPSA) is 94.9 Å². The summed E-state index contributed by atoms with van der Waals surface area (Å²) >= 11 is 7.14. The number of amides is 1. The normalized spacial score (nSPS) is 15.5. The minimum atomic E-state index is -0.496. The largest absolute Gasteiger partial charge is 0.462 e. The van der Waals surface area contributed by atoms with E-state index in [0.717, 1.165) is 11.8 Å². The van der Waals surface area contributed by atoms with E-state index in [1.165, 1.54) is 0 Å². The van der Waals surface area contributed by atoms with Crippen molar-refractivity contribution in [2.24, 2.45) is 10.7 Å². The molecule has 25 heavy (non-hydrogen) atoms. The molecule has 128 valence electrons. The van der Waals surface area contributed by atoms with E-state index in [1.54, 1.807) is 43.3 Å². The molecule has 0 radical (unpaired) electrons. The standard InChI is InChI=1S/C17H13ClN2O4S/c1-2-23-16(22)11-7-9(3-5-12(11)18)13-6-4-10(24-13)8-14-15(21)20-17(19)25-14/h3-8H,2H2,1H3,(H2,19,20,21)/b14-8-. The summed E-state index contributed by atoms with van der Waals surface area (Å²) in [7, 11) is 0. The molecule has 1 aromatic heterocycles. The van der Waals surface area contributed by atoms with E-state index in [4.69, 9.17) is 26.5 Å². The maximum atomic E-state index is 11.9. The Labute approximate surface area is 152 Å². The summed E-state index contributed by atoms with van der Waals surface area (Å²) in [6.07, 6.45) is 1.57. The van der Waals surface area contributed by atoms with Crippen molar-refractivity contribution in [1.29, 1.82) is 0 Å². The van der Waals surface area contributed by atoms with Crippen molar-refractivity contribution in [3.63, 3.8) is 0 Å². The molecule has 6 nitrogen and oxygen atoms in total. The van der Waals surface area contributed by atoms with Crippen LogP contribution < -0.4 is 5.73 Å². The number of halogens is 1. The Morgan fingerprint density at radius 1 is 1.40 bits per heavy atom. The fourth-order valence-corrected chi connectivity index (χ4v) is 3.04. The first-order valence-corrected chi connectivity index (χ1v) is 8.52. The second-order valence-electron chi connectivity index (χ2n) is 4.98. The van der Waals surface area contributed by atoms with Gasteiger partial charge in [-0.2, -0.15) is 4.99 Å². The van der Waals surface area contributed by atoms with E-state index >= 15 is 0 Å². The predicted molar refractivity (Wildman–Crippen MR) is 97.3 cm³/mol. The lowest BCUT2D eigenvalue weighted by atomic mass is 10.1. The number of amidine groups is 1. The Hall–Kier alpha value is -2.51. The van der Waals surface area contributed by atoms with Gasteiger partial charge in [-0.1, -0.05) is 11.6 Å². The van der Waals surface area contributed by atoms with Crippen molar-refractivity contribution < 1.29 is 18.7 Å². The lowest BCUT2D eigenvalue weighted by molar-refractivity contribution is -0.113. The molecule has 0 saturated heterocycles. The summed E-state index contributed by atoms with van der Waals surface area (Å²) in [5, 5.41) is 0.511. The Kier molecular flexibility index (Phi) is 4.96. The number of rotatable bonds is 4. The van der Waals surface area contributed by atoms with Gasteiger partial charge in [0.15, 0.2) is 5.17 Å². The molecule has 2 N–H and O–H groups in total. The van der Waals surface area contributed by atoms with Crippen LogP contribution in [0.1, 0.15) is 23.0 Å². The Morgan fingerprint density at radius 3 is 2.88 bits per heavy atom. The third kappa shape index (κ3) is 3.78. The highest BCUT2D eigenvalue weighted by molar-refractivity contribution is 8.18. The minimum Gasteiger partial charge on any atom is -0.462 e. The third-order valence-corrected chi connectivity index (χ3v) is 4.43. The third-order valence-electron chi connectivity index (χ3n) is 3.28. The molecule has 0 fully saturated rings. The lowest BCUT2D eigenvalue weighted by Crippen LogP contribution is -2.05. The monoisotopic (exact) mass is 376 g/mol. The highest BCUT2D eigenvalue weighted by Crippen LogP contribution is 2.30. The number of hydrogen-bond donors (Lipinski definition) is 1. The number of carbonyl (C=O) groups excluding carboxylic acids is 2. The average molecular weight is 377 g/mol. The number of esters is 1. The van der Waals surface area contributed by atoms with Crippen LogP contribution in [-0.2, 0) is 9.53 Å². The fourth-order valence-electron chi connectivity index (χ4n) is 2.18. The number of aliphatic imine (C=N–C) groups is 1. The molecule has 1 aromatic carbocycles. The van der Waals surface area contributed by atoms with E-state index < -0.39 is 11.9 Å². The number of nitrogens with two attached hydrogens (primary N) is 1. The Bertz CT molecular complexity index is 917. The summed E-state index contributed by atoms with van der Waals surface area (Å²) in [5.41, 5.74) is 6.44. The molecule has 3 rings (SSSR count). The van der Waals surface area contributed by atoms with E-state index in [9.17, 15) is 9.59 Å². The van der Waals surface area contributed by atoms with Crippen LogP contribution >= 0.6 is 23.4 Å². The molecule has 1 aliphatic heterocycles. The predicted octanol–water partition coefficient (Wildman–Crippen LogP) is 3.71. The van der Waals surface area contributed by atoms with Gasteiger partial charge < -0.3 is 14.9 Å². The molecule has 2 aromatic rings. The van der Waals surface area contributed by atoms with Gasteiger partial charge in [0.05, 0.1) is 22.1 Å². The van der Waals surface area contributed by atoms with Gasteiger partial charge in [0.1, 0.15) is 11.5 Å². The molecular formula is C17H13ClN2O4S. The van der Waals surface area contributed by atoms with Gasteiger partial charge in [0, 0.05) is 11.6 Å².